The van der Waals surface area contributed by atoms with Crippen molar-refractivity contribution in [3.63, 3.8) is 0 Å². The van der Waals surface area contributed by atoms with E-state index in [4.69, 9.17) is 0 Å². The molecule has 0 unspecified atom stereocenters. The maximum absolute atomic E-state index is 3.33. The molecule has 0 heterocycles. The summed E-state index contributed by atoms with van der Waals surface area (Å²) >= 11 is 1.81. The van der Waals surface area contributed by atoms with E-state index in [0.29, 0.717) is 0 Å². The molecule has 0 radical (unpaired) electrons. The van der Waals surface area contributed by atoms with Crippen molar-refractivity contribution >= 4 is 11.8 Å². The molecule has 0 spiro atoms. The number of benzene rings is 2. The molecule has 0 fully saturated rings. The highest BCUT2D eigenvalue weighted by atomic mass is 32.2. The Morgan fingerprint density at radius 1 is 1.00 bits per heavy atom. The van der Waals surface area contributed by atoms with Crippen LogP contribution in [0.1, 0.15) is 18.1 Å². The molecule has 0 atom stereocenters. The van der Waals surface area contributed by atoms with Gasteiger partial charge in [-0.25, -0.2) is 0 Å². The molecule has 2 aromatic carbocycles. The van der Waals surface area contributed by atoms with Crippen LogP contribution in [0.2, 0.25) is 0 Å². The van der Waals surface area contributed by atoms with Crippen LogP contribution in [-0.4, -0.2) is 6.54 Å². The Morgan fingerprint density at radius 2 is 1.78 bits per heavy atom. The average molecular weight is 257 g/mol. The topological polar surface area (TPSA) is 12.0 Å². The van der Waals surface area contributed by atoms with Gasteiger partial charge in [-0.1, -0.05) is 48.5 Å². The Hall–Kier alpha value is -1.25. The normalized spacial score (nSPS) is 10.6. The lowest BCUT2D eigenvalue weighted by atomic mass is 10.2. The summed E-state index contributed by atoms with van der Waals surface area (Å²) in [6.07, 6.45) is 0. The van der Waals surface area contributed by atoms with Crippen molar-refractivity contribution < 1.29 is 0 Å². The number of aryl methyl sites for hydroxylation is 1. The quantitative estimate of drug-likeness (QED) is 0.859. The Labute approximate surface area is 114 Å². The molecule has 0 aliphatic carbocycles. The first kappa shape index (κ1) is 13.2. The van der Waals surface area contributed by atoms with Gasteiger partial charge in [0.05, 0.1) is 0 Å². The molecule has 0 saturated heterocycles. The summed E-state index contributed by atoms with van der Waals surface area (Å²) in [5, 5.41) is 3.33. The fourth-order valence-electron chi connectivity index (χ4n) is 1.76. The first-order valence-corrected chi connectivity index (χ1v) is 7.14. The molecule has 18 heavy (non-hydrogen) atoms. The summed E-state index contributed by atoms with van der Waals surface area (Å²) in [5.41, 5.74) is 2.65. The number of hydrogen-bond donors (Lipinski definition) is 1. The van der Waals surface area contributed by atoms with Crippen molar-refractivity contribution in [2.24, 2.45) is 0 Å². The summed E-state index contributed by atoms with van der Waals surface area (Å²) in [6, 6.07) is 17.4. The smallest absolute Gasteiger partial charge is 0.0205 e. The van der Waals surface area contributed by atoms with Gasteiger partial charge in [-0.2, -0.15) is 0 Å². The van der Waals surface area contributed by atoms with E-state index < -0.39 is 0 Å². The second-order valence-corrected chi connectivity index (χ2v) is 5.49. The Kier molecular flexibility index (Phi) is 4.85. The van der Waals surface area contributed by atoms with Gasteiger partial charge in [-0.15, -0.1) is 0 Å². The second-order valence-electron chi connectivity index (χ2n) is 4.34. The van der Waals surface area contributed by atoms with Gasteiger partial charge in [0.1, 0.15) is 0 Å². The Balaban J connectivity index is 2.02. The molecular formula is C16H19NS. The summed E-state index contributed by atoms with van der Waals surface area (Å²) in [6.45, 7) is 6.22. The van der Waals surface area contributed by atoms with Crippen LogP contribution in [0, 0.1) is 6.92 Å². The molecular weight excluding hydrogens is 238 g/mol. The lowest BCUT2D eigenvalue weighted by Crippen LogP contribution is -2.11. The van der Waals surface area contributed by atoms with Gasteiger partial charge in [-0.3, -0.25) is 0 Å². The number of hydrogen-bond acceptors (Lipinski definition) is 2. The molecule has 2 rings (SSSR count). The van der Waals surface area contributed by atoms with Crippen LogP contribution in [0.4, 0.5) is 0 Å². The van der Waals surface area contributed by atoms with Crippen molar-refractivity contribution in [3.05, 3.63) is 59.7 Å². The first-order valence-electron chi connectivity index (χ1n) is 6.32. The largest absolute Gasteiger partial charge is 0.313 e. The van der Waals surface area contributed by atoms with Crippen LogP contribution < -0.4 is 5.32 Å². The van der Waals surface area contributed by atoms with Gasteiger partial charge in [0, 0.05) is 16.3 Å². The summed E-state index contributed by atoms with van der Waals surface area (Å²) < 4.78 is 0. The van der Waals surface area contributed by atoms with E-state index in [1.54, 1.807) is 0 Å². The number of rotatable bonds is 5. The minimum atomic E-state index is 0.950. The molecule has 0 aliphatic heterocycles. The van der Waals surface area contributed by atoms with E-state index in [2.05, 4.69) is 67.7 Å². The third-order valence-electron chi connectivity index (χ3n) is 2.73. The molecule has 2 heteroatoms. The molecule has 1 nitrogen and oxygen atoms in total. The van der Waals surface area contributed by atoms with E-state index in [0.717, 1.165) is 13.1 Å². The van der Waals surface area contributed by atoms with Crippen molar-refractivity contribution in [2.45, 2.75) is 30.2 Å². The third kappa shape index (κ3) is 3.90. The van der Waals surface area contributed by atoms with Gasteiger partial charge < -0.3 is 5.32 Å². The standard InChI is InChI=1S/C16H19NS/c1-3-17-12-14-7-9-15(10-8-14)18-16-6-4-5-13(2)11-16/h4-11,17H,3,12H2,1-2H3. The predicted octanol–water partition coefficient (Wildman–Crippen LogP) is 4.26. The molecule has 0 bridgehead atoms. The highest BCUT2D eigenvalue weighted by molar-refractivity contribution is 7.99. The summed E-state index contributed by atoms with van der Waals surface area (Å²) in [5.74, 6) is 0. The Bertz CT molecular complexity index is 491. The SMILES string of the molecule is CCNCc1ccc(Sc2cccc(C)c2)cc1. The predicted molar refractivity (Wildman–Crippen MR) is 79.1 cm³/mol. The molecule has 0 aromatic heterocycles. The van der Waals surface area contributed by atoms with Crippen molar-refractivity contribution in [3.8, 4) is 0 Å². The second kappa shape index (κ2) is 6.62. The zero-order chi connectivity index (χ0) is 12.8. The van der Waals surface area contributed by atoms with Crippen LogP contribution in [-0.2, 0) is 6.54 Å². The lowest BCUT2D eigenvalue weighted by molar-refractivity contribution is 0.726. The van der Waals surface area contributed by atoms with Gasteiger partial charge in [0.25, 0.3) is 0 Å². The highest BCUT2D eigenvalue weighted by Crippen LogP contribution is 2.28. The van der Waals surface area contributed by atoms with E-state index >= 15 is 0 Å². The van der Waals surface area contributed by atoms with Crippen molar-refractivity contribution in [2.75, 3.05) is 6.54 Å². The van der Waals surface area contributed by atoms with Crippen LogP contribution in [0.15, 0.2) is 58.3 Å². The molecule has 2 aromatic rings. The third-order valence-corrected chi connectivity index (χ3v) is 3.73. The van der Waals surface area contributed by atoms with Crippen molar-refractivity contribution in [1.82, 2.24) is 5.32 Å². The van der Waals surface area contributed by atoms with Crippen LogP contribution in [0.5, 0.6) is 0 Å². The molecule has 94 valence electrons. The molecule has 0 saturated carbocycles. The Morgan fingerprint density at radius 3 is 2.44 bits per heavy atom. The average Bonchev–Trinajstić information content (AvgIpc) is 2.38. The molecule has 0 aliphatic rings. The first-order chi connectivity index (χ1) is 8.78. The van der Waals surface area contributed by atoms with Crippen LogP contribution in [0.25, 0.3) is 0 Å². The van der Waals surface area contributed by atoms with Crippen LogP contribution >= 0.6 is 11.8 Å². The zero-order valence-corrected chi connectivity index (χ0v) is 11.8. The fraction of sp³-hybridized carbons (Fsp3) is 0.250. The monoisotopic (exact) mass is 257 g/mol. The van der Waals surface area contributed by atoms with E-state index in [-0.39, 0.29) is 0 Å². The van der Waals surface area contributed by atoms with E-state index in [1.807, 2.05) is 11.8 Å². The van der Waals surface area contributed by atoms with E-state index in [1.165, 1.54) is 20.9 Å². The van der Waals surface area contributed by atoms with Gasteiger partial charge in [0.15, 0.2) is 0 Å². The van der Waals surface area contributed by atoms with Gasteiger partial charge >= 0.3 is 0 Å². The maximum Gasteiger partial charge on any atom is 0.0205 e. The molecule has 1 N–H and O–H groups in total. The van der Waals surface area contributed by atoms with Crippen molar-refractivity contribution in [1.29, 1.82) is 0 Å². The van der Waals surface area contributed by atoms with E-state index in [9.17, 15) is 0 Å². The summed E-state index contributed by atoms with van der Waals surface area (Å²) in [7, 11) is 0. The van der Waals surface area contributed by atoms with Gasteiger partial charge in [-0.05, 0) is 43.3 Å². The fourth-order valence-corrected chi connectivity index (χ4v) is 2.70. The molecule has 0 amide bonds. The summed E-state index contributed by atoms with van der Waals surface area (Å²) in [4.78, 5) is 2.59. The minimum Gasteiger partial charge on any atom is -0.313 e. The number of nitrogens with one attached hydrogen (secondary N) is 1. The zero-order valence-electron chi connectivity index (χ0n) is 10.9. The van der Waals surface area contributed by atoms with Crippen LogP contribution in [0.3, 0.4) is 0 Å². The highest BCUT2D eigenvalue weighted by Gasteiger charge is 1.98. The lowest BCUT2D eigenvalue weighted by Gasteiger charge is -2.05. The maximum atomic E-state index is 3.33. The minimum absolute atomic E-state index is 0.950. The van der Waals surface area contributed by atoms with Gasteiger partial charge in [0.2, 0.25) is 0 Å².